The van der Waals surface area contributed by atoms with Crippen molar-refractivity contribution in [2.45, 2.75) is 32.8 Å². The molecule has 0 radical (unpaired) electrons. The van der Waals surface area contributed by atoms with Gasteiger partial charge in [-0.1, -0.05) is 19.9 Å². The zero-order chi connectivity index (χ0) is 15.6. The van der Waals surface area contributed by atoms with Gasteiger partial charge in [0.1, 0.15) is 11.9 Å². The molecule has 5 nitrogen and oxygen atoms in total. The summed E-state index contributed by atoms with van der Waals surface area (Å²) in [6, 6.07) is 0. The van der Waals surface area contributed by atoms with Crippen LogP contribution in [0.3, 0.4) is 0 Å². The number of rotatable bonds is 4. The van der Waals surface area contributed by atoms with Crippen LogP contribution in [0.1, 0.15) is 27.2 Å². The van der Waals surface area contributed by atoms with E-state index in [0.29, 0.717) is 11.9 Å². The van der Waals surface area contributed by atoms with Gasteiger partial charge in [0.25, 0.3) is 0 Å². The molecule has 108 valence electrons. The fraction of sp³-hybridized carbons (Fsp3) is 0.400. The Hall–Kier alpha value is -2.01. The minimum atomic E-state index is -1.60. The number of aldehydes is 1. The molecule has 0 amide bonds. The van der Waals surface area contributed by atoms with Crippen LogP contribution in [0.15, 0.2) is 35.5 Å². The third-order valence-corrected chi connectivity index (χ3v) is 3.47. The van der Waals surface area contributed by atoms with Crippen LogP contribution in [0.2, 0.25) is 0 Å². The molecule has 1 rings (SSSR count). The standard InChI is InChI=1S/C15H18O5/c1-10(6-13(18)19)4-5-15(20)11(9-16)7-12(17)8-14(15,2)3/h4-7,9,20H,8H2,1-3H3,(H,18,19)/b5-4+,10-6-/t15-/m1/s1. The van der Waals surface area contributed by atoms with Gasteiger partial charge >= 0.3 is 5.97 Å². The summed E-state index contributed by atoms with van der Waals surface area (Å²) in [5, 5.41) is 19.4. The first-order valence-electron chi connectivity index (χ1n) is 6.15. The molecule has 20 heavy (non-hydrogen) atoms. The summed E-state index contributed by atoms with van der Waals surface area (Å²) in [6.45, 7) is 4.93. The molecule has 0 unspecified atom stereocenters. The minimum Gasteiger partial charge on any atom is -0.478 e. The summed E-state index contributed by atoms with van der Waals surface area (Å²) in [6.07, 6.45) is 5.49. The van der Waals surface area contributed by atoms with Crippen LogP contribution in [-0.2, 0) is 14.4 Å². The number of hydrogen-bond acceptors (Lipinski definition) is 4. The van der Waals surface area contributed by atoms with Gasteiger partial charge < -0.3 is 10.2 Å². The zero-order valence-electron chi connectivity index (χ0n) is 11.7. The van der Waals surface area contributed by atoms with Crippen molar-refractivity contribution >= 4 is 18.0 Å². The van der Waals surface area contributed by atoms with Gasteiger partial charge in [-0.15, -0.1) is 0 Å². The average molecular weight is 278 g/mol. The molecule has 0 aromatic carbocycles. The summed E-state index contributed by atoms with van der Waals surface area (Å²) in [5.41, 5.74) is -2.05. The smallest absolute Gasteiger partial charge is 0.328 e. The Morgan fingerprint density at radius 1 is 1.40 bits per heavy atom. The van der Waals surface area contributed by atoms with Crippen molar-refractivity contribution in [1.29, 1.82) is 0 Å². The highest BCUT2D eigenvalue weighted by atomic mass is 16.4. The predicted octanol–water partition coefficient (Wildman–Crippen LogP) is 1.43. The number of hydrogen-bond donors (Lipinski definition) is 2. The molecular weight excluding hydrogens is 260 g/mol. The van der Waals surface area contributed by atoms with E-state index in [0.717, 1.165) is 12.2 Å². The Balaban J connectivity index is 3.25. The lowest BCUT2D eigenvalue weighted by atomic mass is 9.64. The molecule has 0 fully saturated rings. The van der Waals surface area contributed by atoms with E-state index in [1.54, 1.807) is 20.8 Å². The van der Waals surface area contributed by atoms with E-state index in [2.05, 4.69) is 0 Å². The maximum atomic E-state index is 11.6. The number of ketones is 1. The maximum Gasteiger partial charge on any atom is 0.328 e. The molecule has 0 aromatic rings. The van der Waals surface area contributed by atoms with Crippen molar-refractivity contribution in [3.63, 3.8) is 0 Å². The van der Waals surface area contributed by atoms with Crippen LogP contribution in [0.5, 0.6) is 0 Å². The lowest BCUT2D eigenvalue weighted by molar-refractivity contribution is -0.131. The van der Waals surface area contributed by atoms with Crippen LogP contribution >= 0.6 is 0 Å². The average Bonchev–Trinajstić information content (AvgIpc) is 2.30. The second-order valence-electron chi connectivity index (χ2n) is 5.57. The first kappa shape index (κ1) is 16.0. The van der Waals surface area contributed by atoms with Crippen LogP contribution in [-0.4, -0.2) is 33.9 Å². The van der Waals surface area contributed by atoms with Crippen LogP contribution in [0.4, 0.5) is 0 Å². The van der Waals surface area contributed by atoms with Gasteiger partial charge in [0.15, 0.2) is 5.78 Å². The number of allylic oxidation sites excluding steroid dienone is 3. The monoisotopic (exact) mass is 278 g/mol. The molecule has 0 saturated carbocycles. The molecule has 0 spiro atoms. The molecule has 1 atom stereocenters. The Labute approximate surface area is 117 Å². The Morgan fingerprint density at radius 2 is 2.00 bits per heavy atom. The lowest BCUT2D eigenvalue weighted by Crippen LogP contribution is -2.49. The Morgan fingerprint density at radius 3 is 2.50 bits per heavy atom. The number of aliphatic carboxylic acids is 1. The largest absolute Gasteiger partial charge is 0.478 e. The second kappa shape index (κ2) is 5.54. The lowest BCUT2D eigenvalue weighted by Gasteiger charge is -2.43. The zero-order valence-corrected chi connectivity index (χ0v) is 11.7. The van der Waals surface area contributed by atoms with Crippen molar-refractivity contribution in [3.05, 3.63) is 35.5 Å². The van der Waals surface area contributed by atoms with Gasteiger partial charge in [0, 0.05) is 23.5 Å². The molecule has 0 bridgehead atoms. The quantitative estimate of drug-likeness (QED) is 0.461. The summed E-state index contributed by atoms with van der Waals surface area (Å²) in [4.78, 5) is 33.2. The summed E-state index contributed by atoms with van der Waals surface area (Å²) in [5.74, 6) is -1.31. The van der Waals surface area contributed by atoms with Gasteiger partial charge in [-0.2, -0.15) is 0 Å². The molecule has 5 heteroatoms. The van der Waals surface area contributed by atoms with Crippen LogP contribution < -0.4 is 0 Å². The first-order chi connectivity index (χ1) is 9.12. The van der Waals surface area contributed by atoms with Crippen molar-refractivity contribution in [2.75, 3.05) is 0 Å². The molecule has 1 aliphatic carbocycles. The molecule has 0 heterocycles. The van der Waals surface area contributed by atoms with Gasteiger partial charge in [-0.3, -0.25) is 9.59 Å². The van der Waals surface area contributed by atoms with E-state index in [-0.39, 0.29) is 17.8 Å². The highest BCUT2D eigenvalue weighted by Crippen LogP contribution is 2.43. The molecule has 1 aliphatic rings. The predicted molar refractivity (Wildman–Crippen MR) is 73.0 cm³/mol. The van der Waals surface area contributed by atoms with Crippen molar-refractivity contribution in [3.8, 4) is 0 Å². The van der Waals surface area contributed by atoms with E-state index >= 15 is 0 Å². The van der Waals surface area contributed by atoms with Crippen molar-refractivity contribution < 1.29 is 24.6 Å². The number of carbonyl (C=O) groups is 3. The third-order valence-electron chi connectivity index (χ3n) is 3.47. The maximum absolute atomic E-state index is 11.6. The number of carboxylic acids is 1. The molecule has 2 N–H and O–H groups in total. The summed E-state index contributed by atoms with van der Waals surface area (Å²) >= 11 is 0. The molecular formula is C15H18O5. The summed E-state index contributed by atoms with van der Waals surface area (Å²) < 4.78 is 0. The fourth-order valence-electron chi connectivity index (χ4n) is 2.24. The molecule has 0 aromatic heterocycles. The van der Waals surface area contributed by atoms with Gasteiger partial charge in [-0.25, -0.2) is 4.79 Å². The normalized spacial score (nSPS) is 26.5. The van der Waals surface area contributed by atoms with Crippen LogP contribution in [0.25, 0.3) is 0 Å². The number of aliphatic hydroxyl groups is 1. The van der Waals surface area contributed by atoms with Crippen LogP contribution in [0, 0.1) is 5.41 Å². The second-order valence-corrected chi connectivity index (χ2v) is 5.57. The van der Waals surface area contributed by atoms with Gasteiger partial charge in [0.05, 0.1) is 0 Å². The van der Waals surface area contributed by atoms with Crippen molar-refractivity contribution in [1.82, 2.24) is 0 Å². The van der Waals surface area contributed by atoms with Gasteiger partial charge in [0.2, 0.25) is 0 Å². The first-order valence-corrected chi connectivity index (χ1v) is 6.15. The SMILES string of the molecule is CC(=C/C(=O)O)/C=C/[C@@]1(O)C(C=O)=CC(=O)CC1(C)C. The topological polar surface area (TPSA) is 91.7 Å². The summed E-state index contributed by atoms with van der Waals surface area (Å²) in [7, 11) is 0. The highest BCUT2D eigenvalue weighted by molar-refractivity contribution is 5.99. The van der Waals surface area contributed by atoms with Crippen molar-refractivity contribution in [2.24, 2.45) is 5.41 Å². The third kappa shape index (κ3) is 3.11. The van der Waals surface area contributed by atoms with E-state index in [1.807, 2.05) is 0 Å². The molecule has 0 saturated heterocycles. The fourth-order valence-corrected chi connectivity index (χ4v) is 2.24. The molecule has 0 aliphatic heterocycles. The van der Waals surface area contributed by atoms with Gasteiger partial charge in [-0.05, 0) is 24.6 Å². The van der Waals surface area contributed by atoms with E-state index < -0.39 is 17.0 Å². The Bertz CT molecular complexity index is 536. The van der Waals surface area contributed by atoms with E-state index in [9.17, 15) is 19.5 Å². The minimum absolute atomic E-state index is 0.0156. The van der Waals surface area contributed by atoms with E-state index in [1.165, 1.54) is 12.2 Å². The van der Waals surface area contributed by atoms with E-state index in [4.69, 9.17) is 5.11 Å². The number of carboxylic acid groups (broad SMARTS) is 1. The number of carbonyl (C=O) groups excluding carboxylic acids is 2. The Kier molecular flexibility index (Phi) is 4.45. The highest BCUT2D eigenvalue weighted by Gasteiger charge is 2.48.